The van der Waals surface area contributed by atoms with E-state index in [0.717, 1.165) is 53.6 Å². The first-order chi connectivity index (χ1) is 16.0. The fourth-order valence-electron chi connectivity index (χ4n) is 4.95. The first kappa shape index (κ1) is 22.1. The van der Waals surface area contributed by atoms with E-state index < -0.39 is 0 Å². The van der Waals surface area contributed by atoms with E-state index in [-0.39, 0.29) is 17.6 Å². The quantitative estimate of drug-likeness (QED) is 0.560. The van der Waals surface area contributed by atoms with Crippen molar-refractivity contribution in [1.82, 2.24) is 14.5 Å². The van der Waals surface area contributed by atoms with Crippen LogP contribution in [0.5, 0.6) is 5.75 Å². The molecule has 1 aliphatic carbocycles. The van der Waals surface area contributed by atoms with Crippen LogP contribution in [0.25, 0.3) is 10.2 Å². The Morgan fingerprint density at radius 2 is 1.97 bits per heavy atom. The van der Waals surface area contributed by atoms with Gasteiger partial charge in [-0.2, -0.15) is 0 Å². The molecule has 0 saturated carbocycles. The van der Waals surface area contributed by atoms with Crippen molar-refractivity contribution in [3.05, 3.63) is 56.4 Å². The van der Waals surface area contributed by atoms with Gasteiger partial charge in [-0.05, 0) is 62.3 Å². The molecule has 0 unspecified atom stereocenters. The standard InChI is InChI=1S/C26H31N3O3S/c1-17-7-8-18(2)21(15-17)32-19-9-12-28(13-10-19)23(30)11-14-29-16-27-25-24(26(29)31)20-5-3-4-6-22(20)33-25/h7-8,15-16,19H,3-6,9-14H2,1-2H3. The summed E-state index contributed by atoms with van der Waals surface area (Å²) < 4.78 is 7.85. The smallest absolute Gasteiger partial charge is 0.262 e. The molecule has 0 N–H and O–H groups in total. The average Bonchev–Trinajstić information content (AvgIpc) is 3.21. The molecule has 1 amide bonds. The second-order valence-corrected chi connectivity index (χ2v) is 10.4. The van der Waals surface area contributed by atoms with Crippen LogP contribution < -0.4 is 10.3 Å². The molecule has 0 bridgehead atoms. The molecule has 3 aromatic rings. The van der Waals surface area contributed by atoms with Gasteiger partial charge >= 0.3 is 0 Å². The van der Waals surface area contributed by atoms with Gasteiger partial charge in [-0.25, -0.2) is 4.98 Å². The van der Waals surface area contributed by atoms with Crippen LogP contribution in [0.3, 0.4) is 0 Å². The van der Waals surface area contributed by atoms with Crippen molar-refractivity contribution in [2.75, 3.05) is 13.1 Å². The zero-order valence-corrected chi connectivity index (χ0v) is 20.2. The van der Waals surface area contributed by atoms with E-state index in [1.165, 1.54) is 22.4 Å². The lowest BCUT2D eigenvalue weighted by Crippen LogP contribution is -2.42. The lowest BCUT2D eigenvalue weighted by atomic mass is 9.97. The van der Waals surface area contributed by atoms with Crippen molar-refractivity contribution >= 4 is 27.5 Å². The summed E-state index contributed by atoms with van der Waals surface area (Å²) in [5.41, 5.74) is 3.54. The van der Waals surface area contributed by atoms with Gasteiger partial charge in [-0.15, -0.1) is 11.3 Å². The number of carbonyl (C=O) groups is 1. The van der Waals surface area contributed by atoms with Crippen LogP contribution in [-0.4, -0.2) is 39.6 Å². The second kappa shape index (κ2) is 9.29. The third-order valence-corrected chi connectivity index (χ3v) is 8.14. The van der Waals surface area contributed by atoms with Gasteiger partial charge in [0.2, 0.25) is 5.91 Å². The first-order valence-electron chi connectivity index (χ1n) is 12.0. The SMILES string of the molecule is Cc1ccc(C)c(OC2CCN(C(=O)CCn3cnc4sc5c(c4c3=O)CCCC5)CC2)c1. The number of likely N-dealkylation sites (tertiary alicyclic amines) is 1. The van der Waals surface area contributed by atoms with Crippen LogP contribution >= 0.6 is 11.3 Å². The molecule has 0 radical (unpaired) electrons. The molecule has 174 valence electrons. The molecular formula is C26H31N3O3S. The van der Waals surface area contributed by atoms with Gasteiger partial charge in [0, 0.05) is 43.8 Å². The van der Waals surface area contributed by atoms with Gasteiger partial charge in [0.15, 0.2) is 0 Å². The molecule has 0 spiro atoms. The van der Waals surface area contributed by atoms with Crippen molar-refractivity contribution in [2.45, 2.75) is 71.4 Å². The minimum absolute atomic E-state index is 0.00725. The summed E-state index contributed by atoms with van der Waals surface area (Å²) in [7, 11) is 0. The number of nitrogens with zero attached hydrogens (tertiary/aromatic N) is 3. The van der Waals surface area contributed by atoms with Gasteiger partial charge in [0.1, 0.15) is 16.7 Å². The molecule has 7 heteroatoms. The summed E-state index contributed by atoms with van der Waals surface area (Å²) in [5, 5.41) is 0.786. The number of thiophene rings is 1. The second-order valence-electron chi connectivity index (χ2n) is 9.35. The summed E-state index contributed by atoms with van der Waals surface area (Å²) >= 11 is 1.66. The Hall–Kier alpha value is -2.67. The van der Waals surface area contributed by atoms with E-state index in [1.807, 2.05) is 4.90 Å². The number of aryl methyl sites for hydroxylation is 5. The third-order valence-electron chi connectivity index (χ3n) is 6.94. The summed E-state index contributed by atoms with van der Waals surface area (Å²) in [6.45, 7) is 5.90. The van der Waals surface area contributed by atoms with Crippen molar-refractivity contribution in [3.8, 4) is 5.75 Å². The average molecular weight is 466 g/mol. The molecule has 1 saturated heterocycles. The van der Waals surface area contributed by atoms with Crippen LogP contribution in [-0.2, 0) is 24.2 Å². The maximum Gasteiger partial charge on any atom is 0.262 e. The number of piperidine rings is 1. The fourth-order valence-corrected chi connectivity index (χ4v) is 6.17. The predicted molar refractivity (Wildman–Crippen MR) is 131 cm³/mol. The van der Waals surface area contributed by atoms with Crippen LogP contribution in [0.4, 0.5) is 0 Å². The Morgan fingerprint density at radius 3 is 2.79 bits per heavy atom. The maximum absolute atomic E-state index is 13.1. The van der Waals surface area contributed by atoms with E-state index in [1.54, 1.807) is 22.2 Å². The molecule has 3 heterocycles. The predicted octanol–water partition coefficient (Wildman–Crippen LogP) is 4.41. The summed E-state index contributed by atoms with van der Waals surface area (Å²) in [5.74, 6) is 1.04. The highest BCUT2D eigenvalue weighted by Gasteiger charge is 2.25. The molecule has 1 fully saturated rings. The molecular weight excluding hydrogens is 434 g/mol. The Bertz CT molecular complexity index is 1240. The Labute approximate surface area is 198 Å². The molecule has 33 heavy (non-hydrogen) atoms. The summed E-state index contributed by atoms with van der Waals surface area (Å²) in [6, 6.07) is 6.26. The van der Waals surface area contributed by atoms with Crippen molar-refractivity contribution in [1.29, 1.82) is 0 Å². The lowest BCUT2D eigenvalue weighted by Gasteiger charge is -2.32. The van der Waals surface area contributed by atoms with E-state index in [9.17, 15) is 9.59 Å². The minimum Gasteiger partial charge on any atom is -0.490 e. The van der Waals surface area contributed by atoms with Crippen LogP contribution in [0.15, 0.2) is 29.3 Å². The molecule has 1 aromatic carbocycles. The van der Waals surface area contributed by atoms with E-state index in [4.69, 9.17) is 4.74 Å². The summed E-state index contributed by atoms with van der Waals surface area (Å²) in [4.78, 5) is 34.6. The zero-order valence-electron chi connectivity index (χ0n) is 19.4. The normalized spacial score (nSPS) is 16.7. The number of benzene rings is 1. The van der Waals surface area contributed by atoms with E-state index in [2.05, 4.69) is 37.0 Å². The number of fused-ring (bicyclic) bond motifs is 3. The highest BCUT2D eigenvalue weighted by Crippen LogP contribution is 2.33. The van der Waals surface area contributed by atoms with E-state index >= 15 is 0 Å². The first-order valence-corrected chi connectivity index (χ1v) is 12.8. The number of ether oxygens (including phenoxy) is 1. The topological polar surface area (TPSA) is 64.4 Å². The Kier molecular flexibility index (Phi) is 6.23. The zero-order chi connectivity index (χ0) is 22.9. The minimum atomic E-state index is 0.00725. The molecule has 0 atom stereocenters. The number of rotatable bonds is 5. The van der Waals surface area contributed by atoms with Crippen molar-refractivity contribution in [3.63, 3.8) is 0 Å². The molecule has 6 nitrogen and oxygen atoms in total. The van der Waals surface area contributed by atoms with Crippen LogP contribution in [0.2, 0.25) is 0 Å². The molecule has 1 aliphatic heterocycles. The summed E-state index contributed by atoms with van der Waals surface area (Å²) in [6.07, 6.45) is 8.07. The van der Waals surface area contributed by atoms with Gasteiger partial charge in [0.05, 0.1) is 11.7 Å². The third kappa shape index (κ3) is 4.56. The van der Waals surface area contributed by atoms with Crippen LogP contribution in [0.1, 0.15) is 53.7 Å². The number of aromatic nitrogens is 2. The van der Waals surface area contributed by atoms with Gasteiger partial charge in [-0.3, -0.25) is 14.2 Å². The number of hydrogen-bond donors (Lipinski definition) is 0. The Morgan fingerprint density at radius 1 is 1.18 bits per heavy atom. The van der Waals surface area contributed by atoms with E-state index in [0.29, 0.717) is 26.1 Å². The molecule has 2 aromatic heterocycles. The highest BCUT2D eigenvalue weighted by atomic mass is 32.1. The number of carbonyl (C=O) groups excluding carboxylic acids is 1. The van der Waals surface area contributed by atoms with Gasteiger partial charge < -0.3 is 9.64 Å². The largest absolute Gasteiger partial charge is 0.490 e. The number of hydrogen-bond acceptors (Lipinski definition) is 5. The molecule has 5 rings (SSSR count). The number of amides is 1. The maximum atomic E-state index is 13.1. The van der Waals surface area contributed by atoms with Crippen molar-refractivity contribution < 1.29 is 9.53 Å². The Balaban J connectivity index is 1.18. The van der Waals surface area contributed by atoms with Gasteiger partial charge in [-0.1, -0.05) is 12.1 Å². The van der Waals surface area contributed by atoms with Gasteiger partial charge in [0.25, 0.3) is 5.56 Å². The monoisotopic (exact) mass is 465 g/mol. The molecule has 2 aliphatic rings. The van der Waals surface area contributed by atoms with Crippen molar-refractivity contribution in [2.24, 2.45) is 0 Å². The van der Waals surface area contributed by atoms with Crippen LogP contribution in [0, 0.1) is 13.8 Å². The highest BCUT2D eigenvalue weighted by molar-refractivity contribution is 7.18. The lowest BCUT2D eigenvalue weighted by molar-refractivity contribution is -0.133. The fraction of sp³-hybridized carbons (Fsp3) is 0.500.